The van der Waals surface area contributed by atoms with Gasteiger partial charge in [0.2, 0.25) is 0 Å². The molecule has 1 saturated heterocycles. The predicted octanol–water partition coefficient (Wildman–Crippen LogP) is 1.59. The second-order valence-electron chi connectivity index (χ2n) is 5.77. The minimum absolute atomic E-state index is 0.0285. The fraction of sp³-hybridized carbons (Fsp3) is 0.294. The van der Waals surface area contributed by atoms with E-state index in [0.29, 0.717) is 18.4 Å². The third kappa shape index (κ3) is 4.16. The van der Waals surface area contributed by atoms with E-state index in [1.807, 2.05) is 30.3 Å². The van der Waals surface area contributed by atoms with Gasteiger partial charge in [-0.15, -0.1) is 0 Å². The first kappa shape index (κ1) is 15.7. The zero-order chi connectivity index (χ0) is 16.3. The van der Waals surface area contributed by atoms with Crippen LogP contribution in [-0.2, 0) is 16.3 Å². The molecule has 1 aliphatic rings. The number of hydrogen-bond acceptors (Lipinski definition) is 4. The Kier molecular flexibility index (Phi) is 4.43. The predicted molar refractivity (Wildman–Crippen MR) is 88.0 cm³/mol. The van der Waals surface area contributed by atoms with E-state index in [0.717, 1.165) is 11.3 Å². The molecule has 0 saturated carbocycles. The third-order valence-corrected chi connectivity index (χ3v) is 5.64. The van der Waals surface area contributed by atoms with Crippen molar-refractivity contribution in [2.24, 2.45) is 0 Å². The summed E-state index contributed by atoms with van der Waals surface area (Å²) in [5.74, 6) is -0.0716. The molecule has 0 unspecified atom stereocenters. The Labute approximate surface area is 135 Å². The van der Waals surface area contributed by atoms with Crippen molar-refractivity contribution < 1.29 is 13.2 Å². The van der Waals surface area contributed by atoms with Crippen molar-refractivity contribution in [3.63, 3.8) is 0 Å². The molecular weight excluding hydrogens is 312 g/mol. The summed E-state index contributed by atoms with van der Waals surface area (Å²) in [6.07, 6.45) is 2.74. The topological polar surface area (TPSA) is 76.1 Å². The molecule has 1 fully saturated rings. The van der Waals surface area contributed by atoms with Crippen molar-refractivity contribution >= 4 is 15.7 Å². The number of carbonyl (C=O) groups is 1. The lowest BCUT2D eigenvalue weighted by atomic mass is 10.1. The standard InChI is InChI=1S/C17H18N2O3S/c20-17(19-15-7-9-23(21,22)12-15)14-6-8-18-16(11-14)10-13-4-2-1-3-5-13/h1-6,8,11,15H,7,9-10,12H2,(H,19,20)/t15-/m1/s1. The summed E-state index contributed by atoms with van der Waals surface area (Å²) in [6.45, 7) is 0. The lowest BCUT2D eigenvalue weighted by Gasteiger charge is -2.11. The fourth-order valence-corrected chi connectivity index (χ4v) is 4.37. The second-order valence-corrected chi connectivity index (χ2v) is 8.00. The van der Waals surface area contributed by atoms with E-state index in [4.69, 9.17) is 0 Å². The monoisotopic (exact) mass is 330 g/mol. The van der Waals surface area contributed by atoms with Gasteiger partial charge in [-0.05, 0) is 24.1 Å². The number of nitrogens with one attached hydrogen (secondary N) is 1. The average Bonchev–Trinajstić information content (AvgIpc) is 2.87. The molecule has 2 aromatic rings. The van der Waals surface area contributed by atoms with Crippen molar-refractivity contribution in [2.45, 2.75) is 18.9 Å². The molecule has 0 spiro atoms. The van der Waals surface area contributed by atoms with Gasteiger partial charge in [0.25, 0.3) is 5.91 Å². The Morgan fingerprint density at radius 3 is 2.70 bits per heavy atom. The van der Waals surface area contributed by atoms with Crippen LogP contribution in [-0.4, -0.2) is 36.9 Å². The smallest absolute Gasteiger partial charge is 0.251 e. The molecule has 1 aliphatic heterocycles. The first-order chi connectivity index (χ1) is 11.0. The largest absolute Gasteiger partial charge is 0.348 e. The summed E-state index contributed by atoms with van der Waals surface area (Å²) >= 11 is 0. The van der Waals surface area contributed by atoms with E-state index in [9.17, 15) is 13.2 Å². The van der Waals surface area contributed by atoms with E-state index < -0.39 is 9.84 Å². The molecule has 5 nitrogen and oxygen atoms in total. The number of carbonyl (C=O) groups excluding carboxylic acids is 1. The summed E-state index contributed by atoms with van der Waals surface area (Å²) in [5, 5.41) is 2.80. The quantitative estimate of drug-likeness (QED) is 0.923. The van der Waals surface area contributed by atoms with E-state index in [1.54, 1.807) is 18.3 Å². The summed E-state index contributed by atoms with van der Waals surface area (Å²) in [4.78, 5) is 16.6. The van der Waals surface area contributed by atoms with E-state index in [1.165, 1.54) is 0 Å². The molecule has 1 amide bonds. The van der Waals surface area contributed by atoms with Gasteiger partial charge in [-0.2, -0.15) is 0 Å². The minimum Gasteiger partial charge on any atom is -0.348 e. The second kappa shape index (κ2) is 6.50. The van der Waals surface area contributed by atoms with Crippen molar-refractivity contribution in [1.82, 2.24) is 10.3 Å². The normalized spacial score (nSPS) is 19.4. The van der Waals surface area contributed by atoms with Gasteiger partial charge in [0, 0.05) is 29.9 Å². The maximum atomic E-state index is 12.3. The summed E-state index contributed by atoms with van der Waals surface area (Å²) in [6, 6.07) is 13.0. The Balaban J connectivity index is 1.68. The molecule has 1 N–H and O–H groups in total. The molecule has 3 rings (SSSR count). The van der Waals surface area contributed by atoms with Crippen LogP contribution in [0.2, 0.25) is 0 Å². The number of hydrogen-bond donors (Lipinski definition) is 1. The van der Waals surface area contributed by atoms with Gasteiger partial charge >= 0.3 is 0 Å². The number of benzene rings is 1. The van der Waals surface area contributed by atoms with E-state index >= 15 is 0 Å². The van der Waals surface area contributed by atoms with Gasteiger partial charge < -0.3 is 5.32 Å². The van der Waals surface area contributed by atoms with Crippen LogP contribution in [0.5, 0.6) is 0 Å². The average molecular weight is 330 g/mol. The van der Waals surface area contributed by atoms with Gasteiger partial charge in [-0.25, -0.2) is 8.42 Å². The lowest BCUT2D eigenvalue weighted by molar-refractivity contribution is 0.0941. The summed E-state index contributed by atoms with van der Waals surface area (Å²) in [5.41, 5.74) is 2.44. The van der Waals surface area contributed by atoms with Crippen LogP contribution in [0.15, 0.2) is 48.7 Å². The van der Waals surface area contributed by atoms with Gasteiger partial charge in [-0.1, -0.05) is 30.3 Å². The number of aromatic nitrogens is 1. The molecule has 1 aromatic heterocycles. The summed E-state index contributed by atoms with van der Waals surface area (Å²) in [7, 11) is -3.00. The number of rotatable bonds is 4. The van der Waals surface area contributed by atoms with Gasteiger partial charge in [0.15, 0.2) is 9.84 Å². The molecule has 1 aromatic carbocycles. The highest BCUT2D eigenvalue weighted by molar-refractivity contribution is 7.91. The first-order valence-corrected chi connectivity index (χ1v) is 9.34. The van der Waals surface area contributed by atoms with Crippen LogP contribution in [0.1, 0.15) is 28.0 Å². The highest BCUT2D eigenvalue weighted by Gasteiger charge is 2.29. The van der Waals surface area contributed by atoms with Crippen LogP contribution in [0.4, 0.5) is 0 Å². The molecule has 23 heavy (non-hydrogen) atoms. The minimum atomic E-state index is -3.00. The molecule has 0 aliphatic carbocycles. The van der Waals surface area contributed by atoms with Gasteiger partial charge in [0.05, 0.1) is 11.5 Å². The van der Waals surface area contributed by atoms with Gasteiger partial charge in [-0.3, -0.25) is 9.78 Å². The zero-order valence-electron chi connectivity index (χ0n) is 12.6. The van der Waals surface area contributed by atoms with Crippen molar-refractivity contribution in [2.75, 3.05) is 11.5 Å². The van der Waals surface area contributed by atoms with E-state index in [-0.39, 0.29) is 23.5 Å². The van der Waals surface area contributed by atoms with Gasteiger partial charge in [0.1, 0.15) is 0 Å². The molecular formula is C17H18N2O3S. The Morgan fingerprint density at radius 1 is 1.22 bits per heavy atom. The van der Waals surface area contributed by atoms with Crippen LogP contribution in [0, 0.1) is 0 Å². The molecule has 120 valence electrons. The zero-order valence-corrected chi connectivity index (χ0v) is 13.4. The van der Waals surface area contributed by atoms with Crippen LogP contribution >= 0.6 is 0 Å². The van der Waals surface area contributed by atoms with E-state index in [2.05, 4.69) is 10.3 Å². The SMILES string of the molecule is O=C(N[C@@H]1CCS(=O)(=O)C1)c1ccnc(Cc2ccccc2)c1. The fourth-order valence-electron chi connectivity index (χ4n) is 2.70. The van der Waals surface area contributed by atoms with Crippen LogP contribution in [0.3, 0.4) is 0 Å². The molecule has 1 atom stereocenters. The highest BCUT2D eigenvalue weighted by Crippen LogP contribution is 2.13. The number of pyridine rings is 1. The number of sulfone groups is 1. The number of nitrogens with zero attached hydrogens (tertiary/aromatic N) is 1. The maximum Gasteiger partial charge on any atom is 0.251 e. The Bertz CT molecular complexity index is 804. The maximum absolute atomic E-state index is 12.3. The number of amides is 1. The highest BCUT2D eigenvalue weighted by atomic mass is 32.2. The Hall–Kier alpha value is -2.21. The molecule has 0 radical (unpaired) electrons. The summed E-state index contributed by atoms with van der Waals surface area (Å²) < 4.78 is 22.9. The van der Waals surface area contributed by atoms with Crippen molar-refractivity contribution in [1.29, 1.82) is 0 Å². The first-order valence-electron chi connectivity index (χ1n) is 7.52. The lowest BCUT2D eigenvalue weighted by Crippen LogP contribution is -2.35. The van der Waals surface area contributed by atoms with Crippen molar-refractivity contribution in [3.8, 4) is 0 Å². The van der Waals surface area contributed by atoms with Crippen LogP contribution in [0.25, 0.3) is 0 Å². The molecule has 0 bridgehead atoms. The van der Waals surface area contributed by atoms with Crippen molar-refractivity contribution in [3.05, 3.63) is 65.5 Å². The Morgan fingerprint density at radius 2 is 2.00 bits per heavy atom. The third-order valence-electron chi connectivity index (χ3n) is 3.87. The molecule has 2 heterocycles. The molecule has 6 heteroatoms. The van der Waals surface area contributed by atoms with Crippen LogP contribution < -0.4 is 5.32 Å².